The molecule has 0 atom stereocenters. The number of ether oxygens (including phenoxy) is 2. The van der Waals surface area contributed by atoms with Gasteiger partial charge < -0.3 is 15.2 Å². The van der Waals surface area contributed by atoms with E-state index in [1.54, 1.807) is 0 Å². The van der Waals surface area contributed by atoms with Crippen molar-refractivity contribution in [3.8, 4) is 5.75 Å². The number of rotatable bonds is 3. The largest absolute Gasteiger partial charge is 0.490 e. The van der Waals surface area contributed by atoms with E-state index in [-0.39, 0.29) is 17.5 Å². The Morgan fingerprint density at radius 3 is 2.41 bits per heavy atom. The van der Waals surface area contributed by atoms with Crippen LogP contribution < -0.4 is 10.5 Å². The van der Waals surface area contributed by atoms with Crippen molar-refractivity contribution in [3.05, 3.63) is 23.8 Å². The molecule has 2 aliphatic heterocycles. The molecule has 0 radical (unpaired) electrons. The summed E-state index contributed by atoms with van der Waals surface area (Å²) in [4.78, 5) is 2.32. The molecule has 0 amide bonds. The van der Waals surface area contributed by atoms with Crippen molar-refractivity contribution in [3.63, 3.8) is 0 Å². The van der Waals surface area contributed by atoms with Crippen molar-refractivity contribution >= 4 is 5.69 Å². The van der Waals surface area contributed by atoms with E-state index in [1.165, 1.54) is 12.1 Å². The monoisotopic (exact) mass is 316 g/mol. The third-order valence-corrected chi connectivity index (χ3v) is 4.22. The van der Waals surface area contributed by atoms with Crippen LogP contribution in [0.2, 0.25) is 0 Å². The molecule has 0 aliphatic carbocycles. The molecule has 122 valence electrons. The van der Waals surface area contributed by atoms with Crippen molar-refractivity contribution < 1.29 is 22.6 Å². The molecule has 2 saturated heterocycles. The van der Waals surface area contributed by atoms with E-state index < -0.39 is 11.7 Å². The zero-order valence-electron chi connectivity index (χ0n) is 12.1. The van der Waals surface area contributed by atoms with Gasteiger partial charge in [0.1, 0.15) is 11.9 Å². The molecule has 0 saturated carbocycles. The highest BCUT2D eigenvalue weighted by Gasteiger charge is 2.36. The van der Waals surface area contributed by atoms with E-state index in [4.69, 9.17) is 15.2 Å². The average Bonchev–Trinajstić information content (AvgIpc) is 2.40. The SMILES string of the molecule is Nc1ccc(OC2CCN(C3COC3)CC2)c(C(F)(F)F)c1. The Bertz CT molecular complexity index is 524. The summed E-state index contributed by atoms with van der Waals surface area (Å²) in [6.07, 6.45) is -3.22. The summed E-state index contributed by atoms with van der Waals surface area (Å²) >= 11 is 0. The highest BCUT2D eigenvalue weighted by Crippen LogP contribution is 2.38. The lowest BCUT2D eigenvalue weighted by molar-refractivity contribution is -0.139. The molecule has 1 aromatic carbocycles. The molecule has 0 bridgehead atoms. The van der Waals surface area contributed by atoms with Crippen LogP contribution in [0.1, 0.15) is 18.4 Å². The van der Waals surface area contributed by atoms with Crippen LogP contribution in [-0.2, 0) is 10.9 Å². The van der Waals surface area contributed by atoms with Crippen LogP contribution in [0.4, 0.5) is 18.9 Å². The molecule has 7 heteroatoms. The fourth-order valence-electron chi connectivity index (χ4n) is 2.84. The van der Waals surface area contributed by atoms with Crippen molar-refractivity contribution in [2.24, 2.45) is 0 Å². The van der Waals surface area contributed by atoms with E-state index >= 15 is 0 Å². The molecule has 2 heterocycles. The highest BCUT2D eigenvalue weighted by molar-refractivity contribution is 5.49. The smallest absolute Gasteiger partial charge is 0.420 e. The van der Waals surface area contributed by atoms with Crippen LogP contribution >= 0.6 is 0 Å². The maximum absolute atomic E-state index is 13.0. The molecule has 22 heavy (non-hydrogen) atoms. The molecule has 0 spiro atoms. The van der Waals surface area contributed by atoms with Gasteiger partial charge in [-0.25, -0.2) is 0 Å². The van der Waals surface area contributed by atoms with Crippen molar-refractivity contribution in [2.45, 2.75) is 31.2 Å². The number of halogens is 3. The summed E-state index contributed by atoms with van der Waals surface area (Å²) < 4.78 is 49.9. The minimum absolute atomic E-state index is 0.0828. The quantitative estimate of drug-likeness (QED) is 0.871. The van der Waals surface area contributed by atoms with Gasteiger partial charge in [0, 0.05) is 18.8 Å². The normalized spacial score (nSPS) is 21.6. The number of nitrogens with two attached hydrogens (primary N) is 1. The third-order valence-electron chi connectivity index (χ3n) is 4.22. The topological polar surface area (TPSA) is 47.7 Å². The third kappa shape index (κ3) is 3.30. The van der Waals surface area contributed by atoms with Gasteiger partial charge in [-0.1, -0.05) is 0 Å². The molecular weight excluding hydrogens is 297 g/mol. The summed E-state index contributed by atoms with van der Waals surface area (Å²) in [6, 6.07) is 4.13. The van der Waals surface area contributed by atoms with Gasteiger partial charge in [-0.05, 0) is 31.0 Å². The highest BCUT2D eigenvalue weighted by atomic mass is 19.4. The van der Waals surface area contributed by atoms with Crippen LogP contribution in [-0.4, -0.2) is 43.3 Å². The van der Waals surface area contributed by atoms with Gasteiger partial charge in [0.05, 0.1) is 24.8 Å². The van der Waals surface area contributed by atoms with Crippen LogP contribution in [0.3, 0.4) is 0 Å². The number of alkyl halides is 3. The second-order valence-corrected chi connectivity index (χ2v) is 5.80. The Morgan fingerprint density at radius 2 is 1.86 bits per heavy atom. The zero-order chi connectivity index (χ0) is 15.7. The number of anilines is 1. The average molecular weight is 316 g/mol. The fraction of sp³-hybridized carbons (Fsp3) is 0.600. The van der Waals surface area contributed by atoms with Crippen LogP contribution in [0.15, 0.2) is 18.2 Å². The number of nitrogen functional groups attached to an aromatic ring is 1. The molecule has 2 fully saturated rings. The molecule has 3 rings (SSSR count). The van der Waals surface area contributed by atoms with E-state index in [1.807, 2.05) is 0 Å². The number of benzene rings is 1. The number of hydrogen-bond donors (Lipinski definition) is 1. The minimum Gasteiger partial charge on any atom is -0.490 e. The number of likely N-dealkylation sites (tertiary alicyclic amines) is 1. The molecule has 4 nitrogen and oxygen atoms in total. The Labute approximate surface area is 127 Å². The van der Waals surface area contributed by atoms with Gasteiger partial charge in [-0.3, -0.25) is 4.90 Å². The van der Waals surface area contributed by atoms with Crippen molar-refractivity contribution in [1.82, 2.24) is 4.90 Å². The van der Waals surface area contributed by atoms with Crippen LogP contribution in [0.25, 0.3) is 0 Å². The predicted molar refractivity (Wildman–Crippen MR) is 75.7 cm³/mol. The Hall–Kier alpha value is -1.47. The van der Waals surface area contributed by atoms with E-state index in [0.29, 0.717) is 6.04 Å². The Balaban J connectivity index is 1.64. The number of piperidine rings is 1. The van der Waals surface area contributed by atoms with E-state index in [2.05, 4.69) is 4.90 Å². The van der Waals surface area contributed by atoms with Gasteiger partial charge in [0.2, 0.25) is 0 Å². The molecule has 1 aromatic rings. The lowest BCUT2D eigenvalue weighted by Crippen LogP contribution is -2.52. The summed E-state index contributed by atoms with van der Waals surface area (Å²) in [6.45, 7) is 3.16. The summed E-state index contributed by atoms with van der Waals surface area (Å²) in [5, 5.41) is 0. The standard InChI is InChI=1S/C15H19F3N2O2/c16-15(17,18)13-7-10(19)1-2-14(13)22-12-3-5-20(6-4-12)11-8-21-9-11/h1-2,7,11-12H,3-6,8-9,19H2. The maximum Gasteiger partial charge on any atom is 0.420 e. The molecule has 2 aliphatic rings. The van der Waals surface area contributed by atoms with Crippen LogP contribution in [0.5, 0.6) is 5.75 Å². The first-order valence-corrected chi connectivity index (χ1v) is 7.38. The first-order valence-electron chi connectivity index (χ1n) is 7.38. The maximum atomic E-state index is 13.0. The molecule has 0 aromatic heterocycles. The number of hydrogen-bond acceptors (Lipinski definition) is 4. The Kier molecular flexibility index (Phi) is 4.18. The van der Waals surface area contributed by atoms with Gasteiger partial charge in [0.15, 0.2) is 0 Å². The zero-order valence-corrected chi connectivity index (χ0v) is 12.1. The summed E-state index contributed by atoms with van der Waals surface area (Å²) in [5.41, 5.74) is 4.74. The van der Waals surface area contributed by atoms with Gasteiger partial charge in [-0.2, -0.15) is 13.2 Å². The summed E-state index contributed by atoms with van der Waals surface area (Å²) in [5.74, 6) is -0.132. The first kappa shape index (κ1) is 15.4. The Morgan fingerprint density at radius 1 is 1.18 bits per heavy atom. The lowest BCUT2D eigenvalue weighted by atomic mass is 10.0. The molecular formula is C15H19F3N2O2. The lowest BCUT2D eigenvalue weighted by Gasteiger charge is -2.41. The molecule has 2 N–H and O–H groups in total. The second-order valence-electron chi connectivity index (χ2n) is 5.80. The first-order chi connectivity index (χ1) is 10.4. The van der Waals surface area contributed by atoms with Gasteiger partial charge >= 0.3 is 6.18 Å². The van der Waals surface area contributed by atoms with Gasteiger partial charge in [-0.15, -0.1) is 0 Å². The molecule has 0 unspecified atom stereocenters. The van der Waals surface area contributed by atoms with Crippen molar-refractivity contribution in [1.29, 1.82) is 0 Å². The minimum atomic E-state index is -4.46. The van der Waals surface area contributed by atoms with Gasteiger partial charge in [0.25, 0.3) is 0 Å². The van der Waals surface area contributed by atoms with E-state index in [9.17, 15) is 13.2 Å². The van der Waals surface area contributed by atoms with Crippen molar-refractivity contribution in [2.75, 3.05) is 32.0 Å². The second kappa shape index (κ2) is 5.96. The van der Waals surface area contributed by atoms with Crippen LogP contribution in [0, 0.1) is 0 Å². The fourth-order valence-corrected chi connectivity index (χ4v) is 2.84. The predicted octanol–water partition coefficient (Wildman–Crippen LogP) is 2.53. The number of nitrogens with zero attached hydrogens (tertiary/aromatic N) is 1. The van der Waals surface area contributed by atoms with E-state index in [0.717, 1.165) is 45.2 Å². The summed E-state index contributed by atoms with van der Waals surface area (Å²) in [7, 11) is 0.